The Morgan fingerprint density at radius 1 is 1.45 bits per heavy atom. The van der Waals surface area contributed by atoms with Gasteiger partial charge < -0.3 is 0 Å². The van der Waals surface area contributed by atoms with Gasteiger partial charge >= 0.3 is 32.3 Å². The second kappa shape index (κ2) is 8.45. The molecule has 1 heteroatoms. The topological polar surface area (TPSA) is 0 Å². The predicted octanol–water partition coefficient (Wildman–Crippen LogP) is 3.84. The van der Waals surface area contributed by atoms with E-state index in [1.807, 2.05) is 0 Å². The van der Waals surface area contributed by atoms with E-state index >= 15 is 0 Å². The molecule has 0 heterocycles. The van der Waals surface area contributed by atoms with E-state index in [4.69, 9.17) is 0 Å². The Morgan fingerprint density at radius 3 is 2.45 bits per heavy atom. The SMILES string of the molecule is CCCC1=CC=CC1.[CH3][Hf][CH3]. The molecule has 0 aromatic carbocycles. The van der Waals surface area contributed by atoms with Gasteiger partial charge in [-0.2, -0.15) is 0 Å². The van der Waals surface area contributed by atoms with Gasteiger partial charge in [0.05, 0.1) is 0 Å². The minimum atomic E-state index is 0.0833. The molecule has 0 saturated carbocycles. The first-order valence-corrected chi connectivity index (χ1v) is 11.5. The zero-order valence-electron chi connectivity index (χ0n) is 7.85. The summed E-state index contributed by atoms with van der Waals surface area (Å²) < 4.78 is 4.64. The van der Waals surface area contributed by atoms with Crippen LogP contribution in [0.25, 0.3) is 0 Å². The van der Waals surface area contributed by atoms with Crippen molar-refractivity contribution in [1.82, 2.24) is 0 Å². The monoisotopic (exact) mass is 318 g/mol. The summed E-state index contributed by atoms with van der Waals surface area (Å²) in [5.74, 6) is 0. The summed E-state index contributed by atoms with van der Waals surface area (Å²) in [6.45, 7) is 2.22. The molecule has 0 saturated heterocycles. The summed E-state index contributed by atoms with van der Waals surface area (Å²) >= 11 is 0.0833. The quantitative estimate of drug-likeness (QED) is 0.679. The molecule has 0 atom stereocenters. The third-order valence-electron chi connectivity index (χ3n) is 1.42. The van der Waals surface area contributed by atoms with Crippen molar-refractivity contribution in [2.45, 2.75) is 35.5 Å². The van der Waals surface area contributed by atoms with Gasteiger partial charge in [0.2, 0.25) is 0 Å². The summed E-state index contributed by atoms with van der Waals surface area (Å²) in [4.78, 5) is 0. The zero-order valence-corrected chi connectivity index (χ0v) is 11.4. The van der Waals surface area contributed by atoms with Crippen molar-refractivity contribution < 1.29 is 22.9 Å². The second-order valence-corrected chi connectivity index (χ2v) is 6.30. The average molecular weight is 317 g/mol. The van der Waals surface area contributed by atoms with Crippen LogP contribution >= 0.6 is 0 Å². The molecule has 0 aromatic rings. The van der Waals surface area contributed by atoms with E-state index in [1.165, 1.54) is 19.3 Å². The Balaban J connectivity index is 0.000000292. The van der Waals surface area contributed by atoms with Gasteiger partial charge in [0, 0.05) is 0 Å². The van der Waals surface area contributed by atoms with Gasteiger partial charge in [-0.15, -0.1) is 0 Å². The Morgan fingerprint density at radius 2 is 2.09 bits per heavy atom. The molecule has 1 aliphatic carbocycles. The Bertz CT molecular complexity index is 134. The fourth-order valence-electron chi connectivity index (χ4n) is 0.998. The van der Waals surface area contributed by atoms with Crippen LogP contribution in [0.3, 0.4) is 0 Å². The summed E-state index contributed by atoms with van der Waals surface area (Å²) in [5.41, 5.74) is 1.59. The third kappa shape index (κ3) is 6.74. The van der Waals surface area contributed by atoms with Crippen LogP contribution in [0.4, 0.5) is 0 Å². The normalized spacial score (nSPS) is 13.5. The van der Waals surface area contributed by atoms with Crippen molar-refractivity contribution in [2.75, 3.05) is 0 Å². The Kier molecular flexibility index (Phi) is 8.72. The molecule has 1 aliphatic rings. The maximum absolute atomic E-state index is 2.32. The van der Waals surface area contributed by atoms with E-state index < -0.39 is 0 Å². The van der Waals surface area contributed by atoms with Crippen LogP contribution in [0.1, 0.15) is 26.2 Å². The van der Waals surface area contributed by atoms with E-state index in [-0.39, 0.29) is 22.9 Å². The molecule has 11 heavy (non-hydrogen) atoms. The van der Waals surface area contributed by atoms with E-state index in [2.05, 4.69) is 34.5 Å². The minimum absolute atomic E-state index is 0.0833. The predicted molar refractivity (Wildman–Crippen MR) is 48.5 cm³/mol. The number of rotatable bonds is 2. The van der Waals surface area contributed by atoms with Crippen LogP contribution in [-0.4, -0.2) is 0 Å². The van der Waals surface area contributed by atoms with Crippen molar-refractivity contribution in [2.24, 2.45) is 0 Å². The van der Waals surface area contributed by atoms with Gasteiger partial charge in [-0.3, -0.25) is 0 Å². The van der Waals surface area contributed by atoms with Crippen LogP contribution < -0.4 is 0 Å². The molecule has 0 N–H and O–H groups in total. The number of allylic oxidation sites excluding steroid dienone is 4. The summed E-state index contributed by atoms with van der Waals surface area (Å²) in [6, 6.07) is 0. The first-order valence-electron chi connectivity index (χ1n) is 4.28. The van der Waals surface area contributed by atoms with Crippen LogP contribution in [0.2, 0.25) is 9.36 Å². The molecule has 0 radical (unpaired) electrons. The summed E-state index contributed by atoms with van der Waals surface area (Å²) in [5, 5.41) is 0. The molecule has 62 valence electrons. The van der Waals surface area contributed by atoms with Gasteiger partial charge in [0.15, 0.2) is 0 Å². The van der Waals surface area contributed by atoms with Crippen molar-refractivity contribution in [3.05, 3.63) is 23.8 Å². The standard InChI is InChI=1S/C8H12.2CH3.Hf/c1-2-5-8-6-3-4-7-8;;;/h3-4,6H,2,5,7H2,1H3;2*1H3;. The first-order chi connectivity index (χ1) is 5.35. The molecule has 0 bridgehead atoms. The molecule has 0 spiro atoms. The van der Waals surface area contributed by atoms with Gasteiger partial charge in [-0.1, -0.05) is 37.1 Å². The first kappa shape index (κ1) is 11.4. The van der Waals surface area contributed by atoms with Gasteiger partial charge in [-0.05, 0) is 12.8 Å². The van der Waals surface area contributed by atoms with Crippen molar-refractivity contribution in [3.63, 3.8) is 0 Å². The summed E-state index contributed by atoms with van der Waals surface area (Å²) in [7, 11) is 0. The fraction of sp³-hybridized carbons (Fsp3) is 0.600. The van der Waals surface area contributed by atoms with Crippen molar-refractivity contribution in [1.29, 1.82) is 0 Å². The molecule has 0 aromatic heterocycles. The maximum atomic E-state index is 2.32. The molecule has 0 fully saturated rings. The third-order valence-corrected chi connectivity index (χ3v) is 1.42. The van der Waals surface area contributed by atoms with E-state index in [0.717, 1.165) is 0 Å². The molecular formula is C10H18Hf. The van der Waals surface area contributed by atoms with Crippen LogP contribution in [0.5, 0.6) is 0 Å². The van der Waals surface area contributed by atoms with Crippen LogP contribution in [0, 0.1) is 0 Å². The average Bonchev–Trinajstić information content (AvgIpc) is 2.42. The molecule has 0 unspecified atom stereocenters. The molecule has 0 aliphatic heterocycles. The van der Waals surface area contributed by atoms with Gasteiger partial charge in [0.1, 0.15) is 0 Å². The Hall–Kier alpha value is 0.350. The van der Waals surface area contributed by atoms with Gasteiger partial charge in [0.25, 0.3) is 0 Å². The van der Waals surface area contributed by atoms with E-state index in [1.54, 1.807) is 5.57 Å². The molecular weight excluding hydrogens is 299 g/mol. The molecule has 0 nitrogen and oxygen atoms in total. The number of hydrogen-bond acceptors (Lipinski definition) is 0. The van der Waals surface area contributed by atoms with Gasteiger partial charge in [-0.25, -0.2) is 0 Å². The van der Waals surface area contributed by atoms with Crippen molar-refractivity contribution >= 4 is 0 Å². The van der Waals surface area contributed by atoms with Crippen LogP contribution in [-0.2, 0) is 22.9 Å². The zero-order chi connectivity index (χ0) is 8.53. The summed E-state index contributed by atoms with van der Waals surface area (Å²) in [6.07, 6.45) is 10.4. The fourth-order valence-corrected chi connectivity index (χ4v) is 0.998. The Labute approximate surface area is 82.1 Å². The van der Waals surface area contributed by atoms with E-state index in [9.17, 15) is 0 Å². The van der Waals surface area contributed by atoms with E-state index in [0.29, 0.717) is 0 Å². The second-order valence-electron chi connectivity index (χ2n) is 2.71. The molecule has 1 rings (SSSR count). The molecule has 0 amide bonds. The van der Waals surface area contributed by atoms with Crippen LogP contribution in [0.15, 0.2) is 23.8 Å². The van der Waals surface area contributed by atoms with Crippen molar-refractivity contribution in [3.8, 4) is 0 Å². The number of hydrogen-bond donors (Lipinski definition) is 0.